The van der Waals surface area contributed by atoms with Gasteiger partial charge in [0, 0.05) is 24.8 Å². The van der Waals surface area contributed by atoms with Crippen molar-refractivity contribution >= 4 is 58.1 Å². The van der Waals surface area contributed by atoms with Crippen LogP contribution < -0.4 is 26.2 Å². The van der Waals surface area contributed by atoms with E-state index in [4.69, 9.17) is 16.3 Å². The Hall–Kier alpha value is -3.36. The number of hydrogen-bond acceptors (Lipinski definition) is 6. The van der Waals surface area contributed by atoms with Gasteiger partial charge in [0.2, 0.25) is 5.91 Å². The molecule has 1 aliphatic heterocycles. The number of morpholine rings is 1. The monoisotopic (exact) mass is 587 g/mol. The number of urea groups is 1. The normalized spacial score (nSPS) is 16.7. The quantitative estimate of drug-likeness (QED) is 0.376. The molecule has 1 aromatic carbocycles. The number of anilines is 2. The second-order valence-electron chi connectivity index (χ2n) is 8.93. The third-order valence-corrected chi connectivity index (χ3v) is 7.40. The Morgan fingerprint density at radius 1 is 1.18 bits per heavy atom. The third kappa shape index (κ3) is 7.40. The van der Waals surface area contributed by atoms with Crippen LogP contribution in [0.4, 0.5) is 29.3 Å². The molecule has 4 N–H and O–H groups in total. The Kier molecular flexibility index (Phi) is 8.97. The molecule has 1 aromatic heterocycles. The number of alkyl halides is 3. The van der Waals surface area contributed by atoms with E-state index in [0.29, 0.717) is 10.4 Å². The van der Waals surface area contributed by atoms with Gasteiger partial charge in [0.1, 0.15) is 12.6 Å². The van der Waals surface area contributed by atoms with Crippen molar-refractivity contribution in [2.45, 2.75) is 37.5 Å². The number of hydrogen-bond donors (Lipinski definition) is 4. The number of nitrogens with zero attached hydrogens (tertiary/aromatic N) is 1. The SMILES string of the molecule is O=C(NC1CCC1)N[C@H](CNC(=O)c1ccc(Cl)s1)C(=O)Nc1ccc(N2CCOCC2=O)c(C(F)(F)F)c1. The summed E-state index contributed by atoms with van der Waals surface area (Å²) in [5.74, 6) is -2.01. The maximum atomic E-state index is 13.9. The molecule has 210 valence electrons. The fraction of sp³-hybridized carbons (Fsp3) is 0.417. The molecule has 0 unspecified atom stereocenters. The number of carbonyl (C=O) groups excluding carboxylic acids is 4. The van der Waals surface area contributed by atoms with Crippen molar-refractivity contribution in [3.05, 3.63) is 45.1 Å². The molecule has 1 saturated heterocycles. The summed E-state index contributed by atoms with van der Waals surface area (Å²) in [6, 6.07) is 4.05. The molecular weight excluding hydrogens is 563 g/mol. The zero-order valence-electron chi connectivity index (χ0n) is 20.4. The number of rotatable bonds is 8. The first-order valence-corrected chi connectivity index (χ1v) is 13.2. The molecule has 4 rings (SSSR count). The highest BCUT2D eigenvalue weighted by Gasteiger charge is 2.37. The molecule has 0 spiro atoms. The Labute approximate surface area is 230 Å². The van der Waals surface area contributed by atoms with Crippen LogP contribution in [-0.2, 0) is 20.5 Å². The molecule has 2 heterocycles. The standard InChI is InChI=1S/C24H25ClF3N5O5S/c25-19-7-6-18(39-19)22(36)29-11-16(32-23(37)31-13-2-1-3-13)21(35)30-14-4-5-17(15(10-14)24(26,27)28)33-8-9-38-12-20(33)34/h4-7,10,13,16H,1-3,8-9,11-12H2,(H,29,36)(H,30,35)(H2,31,32,37)/t16-/m1/s1. The molecular formula is C24H25ClF3N5O5S. The topological polar surface area (TPSA) is 129 Å². The van der Waals surface area contributed by atoms with E-state index >= 15 is 0 Å². The summed E-state index contributed by atoms with van der Waals surface area (Å²) in [5, 5.41) is 10.1. The summed E-state index contributed by atoms with van der Waals surface area (Å²) < 4.78 is 47.1. The lowest BCUT2D eigenvalue weighted by Crippen LogP contribution is -2.55. The molecule has 0 bridgehead atoms. The molecule has 10 nitrogen and oxygen atoms in total. The van der Waals surface area contributed by atoms with Crippen LogP contribution in [0.1, 0.15) is 34.5 Å². The first-order chi connectivity index (χ1) is 18.5. The van der Waals surface area contributed by atoms with E-state index in [-0.39, 0.29) is 48.6 Å². The van der Waals surface area contributed by atoms with Gasteiger partial charge in [0.05, 0.1) is 27.1 Å². The van der Waals surface area contributed by atoms with Gasteiger partial charge in [0.25, 0.3) is 11.8 Å². The van der Waals surface area contributed by atoms with Gasteiger partial charge in [0.15, 0.2) is 0 Å². The molecule has 1 atom stereocenters. The molecule has 15 heteroatoms. The summed E-state index contributed by atoms with van der Waals surface area (Å²) in [5.41, 5.74) is -1.68. The minimum Gasteiger partial charge on any atom is -0.370 e. The van der Waals surface area contributed by atoms with Crippen molar-refractivity contribution in [3.8, 4) is 0 Å². The highest BCUT2D eigenvalue weighted by atomic mass is 35.5. The highest BCUT2D eigenvalue weighted by Crippen LogP contribution is 2.38. The van der Waals surface area contributed by atoms with Gasteiger partial charge in [-0.3, -0.25) is 14.4 Å². The molecule has 1 saturated carbocycles. The van der Waals surface area contributed by atoms with Crippen LogP contribution in [0.5, 0.6) is 0 Å². The molecule has 5 amide bonds. The van der Waals surface area contributed by atoms with Crippen molar-refractivity contribution in [2.24, 2.45) is 0 Å². The van der Waals surface area contributed by atoms with Crippen LogP contribution in [-0.4, -0.2) is 62.1 Å². The van der Waals surface area contributed by atoms with Crippen LogP contribution >= 0.6 is 22.9 Å². The lowest BCUT2D eigenvalue weighted by atomic mass is 9.93. The maximum absolute atomic E-state index is 13.9. The number of thiophene rings is 1. The second kappa shape index (κ2) is 12.2. The number of halogens is 4. The predicted molar refractivity (Wildman–Crippen MR) is 138 cm³/mol. The molecule has 1 aliphatic carbocycles. The Morgan fingerprint density at radius 2 is 1.95 bits per heavy atom. The van der Waals surface area contributed by atoms with E-state index in [1.54, 1.807) is 0 Å². The van der Waals surface area contributed by atoms with E-state index in [1.165, 1.54) is 18.2 Å². The summed E-state index contributed by atoms with van der Waals surface area (Å²) in [4.78, 5) is 51.4. The van der Waals surface area contributed by atoms with Crippen LogP contribution in [0.3, 0.4) is 0 Å². The maximum Gasteiger partial charge on any atom is 0.418 e. The zero-order valence-corrected chi connectivity index (χ0v) is 22.0. The van der Waals surface area contributed by atoms with Gasteiger partial charge >= 0.3 is 12.2 Å². The largest absolute Gasteiger partial charge is 0.418 e. The lowest BCUT2D eigenvalue weighted by Gasteiger charge is -2.29. The summed E-state index contributed by atoms with van der Waals surface area (Å²) in [7, 11) is 0. The van der Waals surface area contributed by atoms with Crippen molar-refractivity contribution in [2.75, 3.05) is 36.5 Å². The molecule has 2 fully saturated rings. The van der Waals surface area contributed by atoms with Crippen LogP contribution in [0, 0.1) is 0 Å². The number of nitrogens with one attached hydrogen (secondary N) is 4. The van der Waals surface area contributed by atoms with Gasteiger partial charge in [-0.25, -0.2) is 4.79 Å². The minimum absolute atomic E-state index is 0.0404. The van der Waals surface area contributed by atoms with Crippen molar-refractivity contribution in [3.63, 3.8) is 0 Å². The molecule has 39 heavy (non-hydrogen) atoms. The summed E-state index contributed by atoms with van der Waals surface area (Å²) in [6.07, 6.45) is -2.29. The lowest BCUT2D eigenvalue weighted by molar-refractivity contribution is -0.137. The predicted octanol–water partition coefficient (Wildman–Crippen LogP) is 3.37. The van der Waals surface area contributed by atoms with Crippen LogP contribution in [0.2, 0.25) is 4.34 Å². The first kappa shape index (κ1) is 28.6. The van der Waals surface area contributed by atoms with Crippen LogP contribution in [0.25, 0.3) is 0 Å². The Balaban J connectivity index is 1.50. The number of carbonyl (C=O) groups is 4. The zero-order chi connectivity index (χ0) is 28.2. The van der Waals surface area contributed by atoms with Crippen LogP contribution in [0.15, 0.2) is 30.3 Å². The molecule has 2 aromatic rings. The number of amides is 5. The van der Waals surface area contributed by atoms with E-state index < -0.39 is 41.5 Å². The third-order valence-electron chi connectivity index (χ3n) is 6.17. The summed E-state index contributed by atoms with van der Waals surface area (Å²) >= 11 is 6.88. The van der Waals surface area contributed by atoms with Crippen molar-refractivity contribution in [1.29, 1.82) is 0 Å². The van der Waals surface area contributed by atoms with E-state index in [2.05, 4.69) is 21.3 Å². The number of benzene rings is 1. The summed E-state index contributed by atoms with van der Waals surface area (Å²) in [6.45, 7) is -0.647. The Bertz CT molecular complexity index is 1250. The molecule has 0 radical (unpaired) electrons. The second-order valence-corrected chi connectivity index (χ2v) is 10.6. The van der Waals surface area contributed by atoms with Gasteiger partial charge in [-0.1, -0.05) is 11.6 Å². The van der Waals surface area contributed by atoms with Gasteiger partial charge in [-0.05, 0) is 49.6 Å². The molecule has 2 aliphatic rings. The average Bonchev–Trinajstić information content (AvgIpc) is 3.30. The van der Waals surface area contributed by atoms with Gasteiger partial charge in [-0.2, -0.15) is 13.2 Å². The fourth-order valence-electron chi connectivity index (χ4n) is 3.94. The fourth-order valence-corrected chi connectivity index (χ4v) is 4.90. The highest BCUT2D eigenvalue weighted by molar-refractivity contribution is 7.18. The minimum atomic E-state index is -4.83. The smallest absolute Gasteiger partial charge is 0.370 e. The van der Waals surface area contributed by atoms with Gasteiger partial charge < -0.3 is 30.9 Å². The van der Waals surface area contributed by atoms with E-state index in [9.17, 15) is 32.3 Å². The van der Waals surface area contributed by atoms with E-state index in [1.807, 2.05) is 0 Å². The first-order valence-electron chi connectivity index (χ1n) is 12.0. The van der Waals surface area contributed by atoms with Crippen molar-refractivity contribution < 1.29 is 37.1 Å². The van der Waals surface area contributed by atoms with Crippen molar-refractivity contribution in [1.82, 2.24) is 16.0 Å². The van der Waals surface area contributed by atoms with E-state index in [0.717, 1.165) is 41.6 Å². The van der Waals surface area contributed by atoms with Gasteiger partial charge in [-0.15, -0.1) is 11.3 Å². The number of ether oxygens (including phenoxy) is 1. The average molecular weight is 588 g/mol. The Morgan fingerprint density at radius 3 is 2.56 bits per heavy atom.